The Hall–Kier alpha value is -0.120. The normalized spacial score (nSPS) is 26.8. The Morgan fingerprint density at radius 2 is 2.11 bits per heavy atom. The number of methoxy groups -OCH3 is 1. The third-order valence-electron chi connectivity index (χ3n) is 4.40. The number of rotatable bonds is 8. The molecule has 114 valence electrons. The second-order valence-corrected chi connectivity index (χ2v) is 6.98. The number of nitrogens with zero attached hydrogens (tertiary/aromatic N) is 1. The fourth-order valence-electron chi connectivity index (χ4n) is 3.27. The van der Waals surface area contributed by atoms with Gasteiger partial charge in [-0.05, 0) is 50.6 Å². The van der Waals surface area contributed by atoms with E-state index in [1.165, 1.54) is 32.2 Å². The highest BCUT2D eigenvalue weighted by Crippen LogP contribution is 2.39. The first kappa shape index (κ1) is 16.9. The number of ether oxygens (including phenoxy) is 1. The summed E-state index contributed by atoms with van der Waals surface area (Å²) in [5.74, 6) is 0.775. The minimum Gasteiger partial charge on any atom is -0.383 e. The van der Waals surface area contributed by atoms with Crippen LogP contribution in [-0.4, -0.2) is 51.3 Å². The van der Waals surface area contributed by atoms with Crippen LogP contribution < -0.4 is 5.32 Å². The van der Waals surface area contributed by atoms with Crippen molar-refractivity contribution in [3.63, 3.8) is 0 Å². The van der Waals surface area contributed by atoms with Gasteiger partial charge in [0.25, 0.3) is 0 Å². The van der Waals surface area contributed by atoms with Gasteiger partial charge in [-0.15, -0.1) is 0 Å². The molecule has 0 heterocycles. The maximum atomic E-state index is 5.18. The summed E-state index contributed by atoms with van der Waals surface area (Å²) in [4.78, 5) is 2.43. The molecule has 0 aliphatic heterocycles. The Kier molecular flexibility index (Phi) is 7.33. The summed E-state index contributed by atoms with van der Waals surface area (Å²) in [6.45, 7) is 11.3. The van der Waals surface area contributed by atoms with E-state index in [0.717, 1.165) is 25.6 Å². The van der Waals surface area contributed by atoms with Crippen molar-refractivity contribution in [1.29, 1.82) is 0 Å². The van der Waals surface area contributed by atoms with E-state index in [9.17, 15) is 0 Å². The largest absolute Gasteiger partial charge is 0.383 e. The van der Waals surface area contributed by atoms with E-state index in [-0.39, 0.29) is 0 Å². The molecule has 0 radical (unpaired) electrons. The van der Waals surface area contributed by atoms with Gasteiger partial charge in [-0.3, -0.25) is 0 Å². The molecule has 0 aromatic heterocycles. The van der Waals surface area contributed by atoms with Crippen molar-refractivity contribution in [3.8, 4) is 0 Å². The highest BCUT2D eigenvalue weighted by atomic mass is 16.5. The summed E-state index contributed by atoms with van der Waals surface area (Å²) in [5, 5.41) is 3.76. The van der Waals surface area contributed by atoms with Gasteiger partial charge in [0.15, 0.2) is 0 Å². The van der Waals surface area contributed by atoms with Crippen LogP contribution in [0.4, 0.5) is 0 Å². The minimum atomic E-state index is 0.511. The maximum Gasteiger partial charge on any atom is 0.0589 e. The molecule has 2 unspecified atom stereocenters. The lowest BCUT2D eigenvalue weighted by Crippen LogP contribution is -2.47. The van der Waals surface area contributed by atoms with Crippen molar-refractivity contribution in [3.05, 3.63) is 0 Å². The fourth-order valence-corrected chi connectivity index (χ4v) is 3.27. The van der Waals surface area contributed by atoms with E-state index in [2.05, 4.69) is 38.0 Å². The molecule has 19 heavy (non-hydrogen) atoms. The monoisotopic (exact) mass is 270 g/mol. The van der Waals surface area contributed by atoms with E-state index < -0.39 is 0 Å². The van der Waals surface area contributed by atoms with Gasteiger partial charge in [-0.1, -0.05) is 20.8 Å². The molecule has 1 aliphatic rings. The average Bonchev–Trinajstić information content (AvgIpc) is 2.34. The van der Waals surface area contributed by atoms with Gasteiger partial charge in [0.1, 0.15) is 0 Å². The summed E-state index contributed by atoms with van der Waals surface area (Å²) in [6, 6.07) is 0.706. The Labute approximate surface area is 120 Å². The molecule has 1 rings (SSSR count). The van der Waals surface area contributed by atoms with Crippen LogP contribution in [0.1, 0.15) is 46.5 Å². The van der Waals surface area contributed by atoms with Crippen molar-refractivity contribution in [1.82, 2.24) is 10.2 Å². The molecule has 1 N–H and O–H groups in total. The highest BCUT2D eigenvalue weighted by molar-refractivity contribution is 4.90. The molecule has 1 saturated carbocycles. The second kappa shape index (κ2) is 8.23. The Morgan fingerprint density at radius 3 is 2.74 bits per heavy atom. The van der Waals surface area contributed by atoms with E-state index in [4.69, 9.17) is 4.74 Å². The number of likely N-dealkylation sites (N-methyl/N-ethyl adjacent to an activating group) is 1. The zero-order valence-corrected chi connectivity index (χ0v) is 13.7. The number of hydrogen-bond acceptors (Lipinski definition) is 3. The van der Waals surface area contributed by atoms with E-state index in [0.29, 0.717) is 11.5 Å². The molecule has 0 saturated heterocycles. The fraction of sp³-hybridized carbons (Fsp3) is 1.00. The molecular formula is C16H34N2O. The SMILES string of the molecule is CCCNC1CCC(C)(C)CC1CN(C)CCOC. The van der Waals surface area contributed by atoms with Crippen LogP contribution in [0.3, 0.4) is 0 Å². The maximum absolute atomic E-state index is 5.18. The van der Waals surface area contributed by atoms with Gasteiger partial charge in [-0.25, -0.2) is 0 Å². The van der Waals surface area contributed by atoms with Gasteiger partial charge < -0.3 is 15.0 Å². The zero-order chi connectivity index (χ0) is 14.3. The summed E-state index contributed by atoms with van der Waals surface area (Å²) in [6.07, 6.45) is 5.25. The molecule has 0 aromatic rings. The van der Waals surface area contributed by atoms with Gasteiger partial charge in [0, 0.05) is 26.2 Å². The molecule has 0 amide bonds. The molecule has 1 aliphatic carbocycles. The van der Waals surface area contributed by atoms with Crippen LogP contribution in [0.15, 0.2) is 0 Å². The lowest BCUT2D eigenvalue weighted by Gasteiger charge is -2.42. The number of hydrogen-bond donors (Lipinski definition) is 1. The van der Waals surface area contributed by atoms with E-state index in [1.807, 2.05) is 0 Å². The molecule has 0 bridgehead atoms. The first-order valence-electron chi connectivity index (χ1n) is 7.89. The first-order chi connectivity index (χ1) is 8.98. The molecule has 3 nitrogen and oxygen atoms in total. The average molecular weight is 270 g/mol. The predicted octanol–water partition coefficient (Wildman–Crippen LogP) is 2.76. The minimum absolute atomic E-state index is 0.511. The molecular weight excluding hydrogens is 236 g/mol. The highest BCUT2D eigenvalue weighted by Gasteiger charge is 2.34. The Bertz CT molecular complexity index is 243. The first-order valence-corrected chi connectivity index (χ1v) is 7.89. The molecule has 3 heteroatoms. The van der Waals surface area contributed by atoms with Crippen LogP contribution >= 0.6 is 0 Å². The molecule has 0 spiro atoms. The summed E-state index contributed by atoms with van der Waals surface area (Å²) in [7, 11) is 4.00. The number of nitrogens with one attached hydrogen (secondary N) is 1. The molecule has 2 atom stereocenters. The van der Waals surface area contributed by atoms with E-state index >= 15 is 0 Å². The van der Waals surface area contributed by atoms with Gasteiger partial charge >= 0.3 is 0 Å². The predicted molar refractivity (Wildman–Crippen MR) is 82.6 cm³/mol. The topological polar surface area (TPSA) is 24.5 Å². The lowest BCUT2D eigenvalue weighted by atomic mass is 9.69. The second-order valence-electron chi connectivity index (χ2n) is 6.98. The Morgan fingerprint density at radius 1 is 1.37 bits per heavy atom. The lowest BCUT2D eigenvalue weighted by molar-refractivity contribution is 0.0946. The van der Waals surface area contributed by atoms with Crippen LogP contribution in [0.2, 0.25) is 0 Å². The summed E-state index contributed by atoms with van der Waals surface area (Å²) >= 11 is 0. The smallest absolute Gasteiger partial charge is 0.0589 e. The van der Waals surface area contributed by atoms with Crippen LogP contribution in [-0.2, 0) is 4.74 Å². The molecule has 0 aromatic carbocycles. The van der Waals surface area contributed by atoms with Gasteiger partial charge in [0.2, 0.25) is 0 Å². The van der Waals surface area contributed by atoms with Crippen molar-refractivity contribution in [2.75, 3.05) is 40.4 Å². The standard InChI is InChI=1S/C16H34N2O/c1-6-9-17-15-7-8-16(2,3)12-14(15)13-18(4)10-11-19-5/h14-15,17H,6-13H2,1-5H3. The van der Waals surface area contributed by atoms with Crippen LogP contribution in [0.5, 0.6) is 0 Å². The third-order valence-corrected chi connectivity index (χ3v) is 4.40. The third kappa shape index (κ3) is 6.24. The summed E-state index contributed by atoms with van der Waals surface area (Å²) < 4.78 is 5.18. The summed E-state index contributed by atoms with van der Waals surface area (Å²) in [5.41, 5.74) is 0.511. The van der Waals surface area contributed by atoms with Crippen LogP contribution in [0, 0.1) is 11.3 Å². The van der Waals surface area contributed by atoms with Crippen molar-refractivity contribution in [2.24, 2.45) is 11.3 Å². The Balaban J connectivity index is 2.50. The van der Waals surface area contributed by atoms with Crippen molar-refractivity contribution in [2.45, 2.75) is 52.5 Å². The van der Waals surface area contributed by atoms with Gasteiger partial charge in [0.05, 0.1) is 6.61 Å². The van der Waals surface area contributed by atoms with Crippen molar-refractivity contribution >= 4 is 0 Å². The van der Waals surface area contributed by atoms with Gasteiger partial charge in [-0.2, -0.15) is 0 Å². The molecule has 1 fully saturated rings. The van der Waals surface area contributed by atoms with Crippen molar-refractivity contribution < 1.29 is 4.74 Å². The van der Waals surface area contributed by atoms with E-state index in [1.54, 1.807) is 7.11 Å². The zero-order valence-electron chi connectivity index (χ0n) is 13.7. The van der Waals surface area contributed by atoms with Crippen LogP contribution in [0.25, 0.3) is 0 Å². The quantitative estimate of drug-likeness (QED) is 0.734.